The number of rotatable bonds is 15. The van der Waals surface area contributed by atoms with Crippen LogP contribution in [0.1, 0.15) is 129 Å². The van der Waals surface area contributed by atoms with Crippen molar-refractivity contribution in [2.45, 2.75) is 129 Å². The SMILES string of the molecule is CCCCCCCC1CCC(C(=O)Oc2ccc(OCCCC3CCCCC3CCC)cc2)CC1. The Morgan fingerprint density at radius 2 is 1.37 bits per heavy atom. The van der Waals surface area contributed by atoms with E-state index in [2.05, 4.69) is 13.8 Å². The van der Waals surface area contributed by atoms with Gasteiger partial charge in [-0.2, -0.15) is 0 Å². The quantitative estimate of drug-likeness (QED) is 0.141. The van der Waals surface area contributed by atoms with Crippen molar-refractivity contribution in [1.29, 1.82) is 0 Å². The molecule has 2 saturated carbocycles. The van der Waals surface area contributed by atoms with Gasteiger partial charge in [-0.1, -0.05) is 90.9 Å². The van der Waals surface area contributed by atoms with Crippen LogP contribution in [0.5, 0.6) is 11.5 Å². The summed E-state index contributed by atoms with van der Waals surface area (Å²) >= 11 is 0. The lowest BCUT2D eigenvalue weighted by Crippen LogP contribution is -2.25. The first-order chi connectivity index (χ1) is 17.2. The fourth-order valence-electron chi connectivity index (χ4n) is 6.48. The van der Waals surface area contributed by atoms with Gasteiger partial charge in [0.05, 0.1) is 12.5 Å². The molecule has 2 aliphatic rings. The Labute approximate surface area is 215 Å². The molecule has 0 aromatic heterocycles. The maximum Gasteiger partial charge on any atom is 0.314 e. The van der Waals surface area contributed by atoms with E-state index in [-0.39, 0.29) is 11.9 Å². The third-order valence-corrected chi connectivity index (χ3v) is 8.65. The Kier molecular flexibility index (Phi) is 13.1. The van der Waals surface area contributed by atoms with E-state index in [4.69, 9.17) is 9.47 Å². The van der Waals surface area contributed by atoms with Gasteiger partial charge in [-0.15, -0.1) is 0 Å². The monoisotopic (exact) mass is 484 g/mol. The molecule has 2 aliphatic carbocycles. The molecule has 0 aliphatic heterocycles. The van der Waals surface area contributed by atoms with Crippen LogP contribution in [0.25, 0.3) is 0 Å². The van der Waals surface area contributed by atoms with Gasteiger partial charge in [0.2, 0.25) is 0 Å². The molecule has 198 valence electrons. The first-order valence-electron chi connectivity index (χ1n) is 15.1. The fraction of sp³-hybridized carbons (Fsp3) is 0.781. The molecule has 3 rings (SSSR count). The second-order valence-corrected chi connectivity index (χ2v) is 11.4. The molecule has 0 radical (unpaired) electrons. The van der Waals surface area contributed by atoms with E-state index in [1.54, 1.807) is 0 Å². The highest BCUT2D eigenvalue weighted by Crippen LogP contribution is 2.36. The molecule has 2 unspecified atom stereocenters. The van der Waals surface area contributed by atoms with Crippen molar-refractivity contribution in [2.24, 2.45) is 23.7 Å². The summed E-state index contributed by atoms with van der Waals surface area (Å²) in [5, 5.41) is 0. The van der Waals surface area contributed by atoms with E-state index in [0.717, 1.165) is 49.4 Å². The molecule has 0 bridgehead atoms. The summed E-state index contributed by atoms with van der Waals surface area (Å²) in [6.07, 6.45) is 23.3. The van der Waals surface area contributed by atoms with Gasteiger partial charge >= 0.3 is 5.97 Å². The molecule has 3 heteroatoms. The van der Waals surface area contributed by atoms with Crippen molar-refractivity contribution in [1.82, 2.24) is 0 Å². The van der Waals surface area contributed by atoms with E-state index in [0.29, 0.717) is 5.75 Å². The highest BCUT2D eigenvalue weighted by molar-refractivity contribution is 5.75. The van der Waals surface area contributed by atoms with Crippen LogP contribution in [-0.2, 0) is 4.79 Å². The van der Waals surface area contributed by atoms with Crippen molar-refractivity contribution >= 4 is 5.97 Å². The normalized spacial score (nSPS) is 24.7. The van der Waals surface area contributed by atoms with E-state index < -0.39 is 0 Å². The van der Waals surface area contributed by atoms with Crippen LogP contribution in [-0.4, -0.2) is 12.6 Å². The van der Waals surface area contributed by atoms with Crippen molar-refractivity contribution in [3.05, 3.63) is 24.3 Å². The van der Waals surface area contributed by atoms with E-state index in [1.165, 1.54) is 96.3 Å². The van der Waals surface area contributed by atoms with Crippen LogP contribution >= 0.6 is 0 Å². The largest absolute Gasteiger partial charge is 0.494 e. The van der Waals surface area contributed by atoms with Crippen LogP contribution in [0.4, 0.5) is 0 Å². The van der Waals surface area contributed by atoms with Gasteiger partial charge in [0.25, 0.3) is 0 Å². The molecule has 0 heterocycles. The van der Waals surface area contributed by atoms with Gasteiger partial charge in [0, 0.05) is 0 Å². The van der Waals surface area contributed by atoms with Crippen molar-refractivity contribution in [3.63, 3.8) is 0 Å². The van der Waals surface area contributed by atoms with Gasteiger partial charge in [-0.25, -0.2) is 0 Å². The first-order valence-corrected chi connectivity index (χ1v) is 15.1. The molecule has 35 heavy (non-hydrogen) atoms. The summed E-state index contributed by atoms with van der Waals surface area (Å²) in [5.41, 5.74) is 0. The molecule has 0 N–H and O–H groups in total. The minimum atomic E-state index is -0.0471. The number of unbranched alkanes of at least 4 members (excludes halogenated alkanes) is 4. The summed E-state index contributed by atoms with van der Waals surface area (Å²) in [7, 11) is 0. The van der Waals surface area contributed by atoms with Crippen LogP contribution in [0.2, 0.25) is 0 Å². The molecule has 2 atom stereocenters. The van der Waals surface area contributed by atoms with E-state index in [1.807, 2.05) is 24.3 Å². The zero-order valence-corrected chi connectivity index (χ0v) is 22.8. The number of hydrogen-bond acceptors (Lipinski definition) is 3. The van der Waals surface area contributed by atoms with Crippen molar-refractivity contribution in [2.75, 3.05) is 6.61 Å². The number of esters is 1. The average molecular weight is 485 g/mol. The molecular weight excluding hydrogens is 432 g/mol. The number of hydrogen-bond donors (Lipinski definition) is 0. The van der Waals surface area contributed by atoms with Crippen molar-refractivity contribution < 1.29 is 14.3 Å². The minimum absolute atomic E-state index is 0.0471. The number of carbonyl (C=O) groups excluding carboxylic acids is 1. The molecule has 0 amide bonds. The maximum absolute atomic E-state index is 12.7. The van der Waals surface area contributed by atoms with Gasteiger partial charge < -0.3 is 9.47 Å². The zero-order valence-electron chi connectivity index (χ0n) is 22.8. The first kappa shape index (κ1) is 28.1. The van der Waals surface area contributed by atoms with Crippen molar-refractivity contribution in [3.8, 4) is 11.5 Å². The van der Waals surface area contributed by atoms with Crippen LogP contribution in [0, 0.1) is 23.7 Å². The van der Waals surface area contributed by atoms with Gasteiger partial charge in [-0.05, 0) is 80.5 Å². The molecular formula is C32H52O3. The number of carbonyl (C=O) groups is 1. The Morgan fingerprint density at radius 1 is 0.714 bits per heavy atom. The van der Waals surface area contributed by atoms with Crippen LogP contribution < -0.4 is 9.47 Å². The minimum Gasteiger partial charge on any atom is -0.494 e. The van der Waals surface area contributed by atoms with Gasteiger partial charge in [0.1, 0.15) is 11.5 Å². The Bertz CT molecular complexity index is 687. The third-order valence-electron chi connectivity index (χ3n) is 8.65. The van der Waals surface area contributed by atoms with Crippen LogP contribution in [0.3, 0.4) is 0 Å². The van der Waals surface area contributed by atoms with E-state index >= 15 is 0 Å². The highest BCUT2D eigenvalue weighted by atomic mass is 16.5. The zero-order chi connectivity index (χ0) is 24.7. The van der Waals surface area contributed by atoms with Gasteiger partial charge in [0.15, 0.2) is 0 Å². The molecule has 0 spiro atoms. The molecule has 3 nitrogen and oxygen atoms in total. The Morgan fingerprint density at radius 3 is 2.06 bits per heavy atom. The second kappa shape index (κ2) is 16.3. The molecule has 1 aromatic carbocycles. The highest BCUT2D eigenvalue weighted by Gasteiger charge is 2.27. The standard InChI is InChI=1S/C32H52O3/c1-3-5-6-7-8-13-26-17-19-29(20-18-26)32(33)35-31-23-21-30(22-24-31)34-25-11-16-28-15-10-9-14-27(28)12-4-2/h21-24,26-29H,3-20,25H2,1-2H3. The maximum atomic E-state index is 12.7. The average Bonchev–Trinajstić information content (AvgIpc) is 2.89. The topological polar surface area (TPSA) is 35.5 Å². The summed E-state index contributed by atoms with van der Waals surface area (Å²) in [4.78, 5) is 12.7. The second-order valence-electron chi connectivity index (χ2n) is 11.4. The number of benzene rings is 1. The lowest BCUT2D eigenvalue weighted by atomic mass is 9.75. The summed E-state index contributed by atoms with van der Waals surface area (Å²) in [6, 6.07) is 7.65. The fourth-order valence-corrected chi connectivity index (χ4v) is 6.48. The predicted molar refractivity (Wildman–Crippen MR) is 146 cm³/mol. The smallest absolute Gasteiger partial charge is 0.314 e. The summed E-state index contributed by atoms with van der Waals surface area (Å²) < 4.78 is 11.7. The predicted octanol–water partition coefficient (Wildman–Crippen LogP) is 9.52. The van der Waals surface area contributed by atoms with Gasteiger partial charge in [-0.3, -0.25) is 4.79 Å². The number of ether oxygens (including phenoxy) is 2. The third kappa shape index (κ3) is 10.2. The molecule has 2 fully saturated rings. The molecule has 0 saturated heterocycles. The van der Waals surface area contributed by atoms with E-state index in [9.17, 15) is 4.79 Å². The Hall–Kier alpha value is -1.51. The lowest BCUT2D eigenvalue weighted by Gasteiger charge is -2.31. The summed E-state index contributed by atoms with van der Waals surface area (Å²) in [6.45, 7) is 5.36. The van der Waals surface area contributed by atoms with Crippen LogP contribution in [0.15, 0.2) is 24.3 Å². The Balaban J connectivity index is 1.29. The lowest BCUT2D eigenvalue weighted by molar-refractivity contribution is -0.140. The molecule has 1 aromatic rings. The summed E-state index contributed by atoms with van der Waals surface area (Å²) in [5.74, 6) is 4.19.